The van der Waals surface area contributed by atoms with Crippen LogP contribution in [0, 0.1) is 17.0 Å². The molecular formula is C28H36BrF2N5O4S. The topological polar surface area (TPSA) is 88.1 Å². The van der Waals surface area contributed by atoms with E-state index >= 15 is 4.39 Å². The van der Waals surface area contributed by atoms with Gasteiger partial charge < -0.3 is 19.3 Å². The molecule has 1 aliphatic carbocycles. The average Bonchev–Trinajstić information content (AvgIpc) is 3.62. The summed E-state index contributed by atoms with van der Waals surface area (Å²) in [6.45, 7) is 9.32. The molecule has 2 bridgehead atoms. The Morgan fingerprint density at radius 3 is 2.41 bits per heavy atom. The Labute approximate surface area is 249 Å². The number of hydrogen-bond donors (Lipinski definition) is 0. The molecule has 4 heterocycles. The molecule has 1 saturated carbocycles. The second-order valence-corrected chi connectivity index (χ2v) is 15.3. The van der Waals surface area contributed by atoms with Crippen molar-refractivity contribution in [2.75, 3.05) is 55.7 Å². The lowest BCUT2D eigenvalue weighted by Gasteiger charge is -2.42. The van der Waals surface area contributed by atoms with Crippen LogP contribution in [0.1, 0.15) is 46.5 Å². The molecule has 0 N–H and O–H groups in total. The minimum absolute atomic E-state index is 0.0106. The van der Waals surface area contributed by atoms with Crippen LogP contribution in [0.3, 0.4) is 0 Å². The summed E-state index contributed by atoms with van der Waals surface area (Å²) in [5, 5.41) is 0.267. The van der Waals surface area contributed by atoms with Crippen LogP contribution in [0.4, 0.5) is 19.4 Å². The smallest absolute Gasteiger partial charge is 0.410 e. The Balaban J connectivity index is 1.25. The predicted molar refractivity (Wildman–Crippen MR) is 156 cm³/mol. The number of hydrogen-bond acceptors (Lipinski definition) is 8. The van der Waals surface area contributed by atoms with E-state index < -0.39 is 28.0 Å². The highest BCUT2D eigenvalue weighted by molar-refractivity contribution is 9.10. The predicted octanol–water partition coefficient (Wildman–Crippen LogP) is 4.48. The third kappa shape index (κ3) is 6.04. The van der Waals surface area contributed by atoms with E-state index in [1.807, 2.05) is 30.6 Å². The number of amides is 1. The fraction of sp³-hybridized carbons (Fsp3) is 0.679. The Hall–Kier alpha value is -2.12. The van der Waals surface area contributed by atoms with Crippen molar-refractivity contribution < 1.29 is 27.3 Å². The molecule has 3 saturated heterocycles. The van der Waals surface area contributed by atoms with Crippen LogP contribution >= 0.6 is 15.9 Å². The molecule has 0 spiro atoms. The van der Waals surface area contributed by atoms with E-state index in [2.05, 4.69) is 25.8 Å². The normalized spacial score (nSPS) is 24.6. The third-order valence-electron chi connectivity index (χ3n) is 8.47. The first-order valence-electron chi connectivity index (χ1n) is 14.2. The summed E-state index contributed by atoms with van der Waals surface area (Å²) in [6, 6.07) is 1.11. The maximum absolute atomic E-state index is 15.4. The Kier molecular flexibility index (Phi) is 7.67. The Morgan fingerprint density at radius 2 is 1.80 bits per heavy atom. The molecule has 0 radical (unpaired) electrons. The fourth-order valence-electron chi connectivity index (χ4n) is 6.18. The van der Waals surface area contributed by atoms with Gasteiger partial charge >= 0.3 is 12.1 Å². The van der Waals surface area contributed by atoms with Crippen LogP contribution in [0.25, 0.3) is 10.9 Å². The average molecular weight is 657 g/mol. The van der Waals surface area contributed by atoms with Gasteiger partial charge in [0.15, 0.2) is 5.82 Å². The molecule has 4 fully saturated rings. The van der Waals surface area contributed by atoms with Crippen LogP contribution in [-0.4, -0.2) is 98.6 Å². The molecule has 9 nitrogen and oxygen atoms in total. The second-order valence-electron chi connectivity index (χ2n) is 12.8. The zero-order valence-corrected chi connectivity index (χ0v) is 26.0. The van der Waals surface area contributed by atoms with Gasteiger partial charge in [0, 0.05) is 65.8 Å². The maximum Gasteiger partial charge on any atom is 0.410 e. The van der Waals surface area contributed by atoms with Crippen molar-refractivity contribution in [3.63, 3.8) is 0 Å². The minimum Gasteiger partial charge on any atom is -0.463 e. The van der Waals surface area contributed by atoms with Gasteiger partial charge in [0.1, 0.15) is 22.8 Å². The van der Waals surface area contributed by atoms with Gasteiger partial charge in [-0.1, -0.05) is 0 Å². The van der Waals surface area contributed by atoms with E-state index in [0.29, 0.717) is 37.0 Å². The lowest BCUT2D eigenvalue weighted by atomic mass is 10.1. The van der Waals surface area contributed by atoms with Gasteiger partial charge in [-0.3, -0.25) is 9.11 Å². The van der Waals surface area contributed by atoms with Crippen molar-refractivity contribution >= 4 is 49.5 Å². The number of benzene rings is 1. The van der Waals surface area contributed by atoms with Gasteiger partial charge in [0.05, 0.1) is 23.2 Å². The number of carbonyl (C=O) groups excluding carboxylic acids is 1. The number of carbonyl (C=O) groups is 1. The van der Waals surface area contributed by atoms with Crippen LogP contribution < -0.4 is 9.64 Å². The number of piperazine rings is 1. The molecule has 4 aliphatic rings. The molecule has 2 aromatic rings. The molecule has 3 aliphatic heterocycles. The van der Waals surface area contributed by atoms with Crippen molar-refractivity contribution in [1.82, 2.24) is 19.8 Å². The molecule has 13 heteroatoms. The Morgan fingerprint density at radius 1 is 1.15 bits per heavy atom. The number of fused-ring (bicyclic) bond motifs is 3. The zero-order chi connectivity index (χ0) is 29.1. The summed E-state index contributed by atoms with van der Waals surface area (Å²) >= 11 is 3.01. The lowest BCUT2D eigenvalue weighted by molar-refractivity contribution is 0.0122. The standard InChI is InChI=1S/C28H36BrF2N5O4S/c1-27(2,3)40-26(37)36-17-4-5-18(36)14-35(13-17)24-19-12-20(30)21(29)22(31)23(19)32-25(33-24)39-16-28(6-7-28)15-34-8-10-41(38)11-9-34/h12,17-18H,4-11,13-16H2,1-3H3. The Bertz CT molecular complexity index is 1360. The van der Waals surface area contributed by atoms with Crippen LogP contribution in [0.5, 0.6) is 6.01 Å². The molecule has 1 aromatic carbocycles. The van der Waals surface area contributed by atoms with Crippen LogP contribution in [0.15, 0.2) is 10.5 Å². The summed E-state index contributed by atoms with van der Waals surface area (Å²) in [7, 11) is -0.730. The van der Waals surface area contributed by atoms with E-state index in [1.54, 1.807) is 0 Å². The first-order valence-corrected chi connectivity index (χ1v) is 16.5. The highest BCUT2D eigenvalue weighted by atomic mass is 79.9. The van der Waals surface area contributed by atoms with E-state index in [9.17, 15) is 13.4 Å². The molecule has 6 rings (SSSR count). The second kappa shape index (κ2) is 10.9. The summed E-state index contributed by atoms with van der Waals surface area (Å²) < 4.78 is 53.4. The van der Waals surface area contributed by atoms with E-state index in [1.165, 1.54) is 6.07 Å². The highest BCUT2D eigenvalue weighted by Crippen LogP contribution is 2.47. The molecule has 41 heavy (non-hydrogen) atoms. The molecule has 1 aromatic heterocycles. The first-order chi connectivity index (χ1) is 19.4. The quantitative estimate of drug-likeness (QED) is 0.421. The van der Waals surface area contributed by atoms with Crippen molar-refractivity contribution in [2.45, 2.75) is 64.1 Å². The van der Waals surface area contributed by atoms with Gasteiger partial charge in [-0.15, -0.1) is 0 Å². The van der Waals surface area contributed by atoms with Gasteiger partial charge in [0.25, 0.3) is 0 Å². The third-order valence-corrected chi connectivity index (χ3v) is 10.5. The van der Waals surface area contributed by atoms with Gasteiger partial charge in [-0.2, -0.15) is 9.97 Å². The first kappa shape index (κ1) is 29.0. The van der Waals surface area contributed by atoms with Gasteiger partial charge in [-0.05, 0) is 68.5 Å². The van der Waals surface area contributed by atoms with Crippen molar-refractivity contribution in [3.8, 4) is 6.01 Å². The minimum atomic E-state index is -0.800. The monoisotopic (exact) mass is 655 g/mol. The van der Waals surface area contributed by atoms with Crippen LogP contribution in [0.2, 0.25) is 0 Å². The summed E-state index contributed by atoms with van der Waals surface area (Å²) in [6.07, 6.45) is 3.31. The van der Waals surface area contributed by atoms with E-state index in [0.717, 1.165) is 45.3 Å². The number of nitrogens with zero attached hydrogens (tertiary/aromatic N) is 5. The van der Waals surface area contributed by atoms with Crippen molar-refractivity contribution in [2.24, 2.45) is 5.41 Å². The largest absolute Gasteiger partial charge is 0.463 e. The molecule has 224 valence electrons. The van der Waals surface area contributed by atoms with Crippen LogP contribution in [-0.2, 0) is 15.5 Å². The lowest BCUT2D eigenvalue weighted by Crippen LogP contribution is -2.57. The van der Waals surface area contributed by atoms with Gasteiger partial charge in [0.2, 0.25) is 0 Å². The van der Waals surface area contributed by atoms with E-state index in [4.69, 9.17) is 14.5 Å². The van der Waals surface area contributed by atoms with Gasteiger partial charge in [-0.25, -0.2) is 13.6 Å². The maximum atomic E-state index is 15.4. The number of aromatic nitrogens is 2. The molecule has 1 amide bonds. The fourth-order valence-corrected chi connectivity index (χ4v) is 7.61. The SMILES string of the molecule is CC(C)(C)OC(=O)N1C2CCC1CN(c1nc(OCC3(CN4CCS(=O)CC4)CC3)nc3c(F)c(Br)c(F)cc13)C2. The summed E-state index contributed by atoms with van der Waals surface area (Å²) in [4.78, 5) is 28.2. The van der Waals surface area contributed by atoms with E-state index in [-0.39, 0.29) is 45.0 Å². The highest BCUT2D eigenvalue weighted by Gasteiger charge is 2.46. The number of ether oxygens (including phenoxy) is 2. The van der Waals surface area contributed by atoms with Crippen molar-refractivity contribution in [3.05, 3.63) is 22.2 Å². The number of halogens is 3. The molecule has 2 unspecified atom stereocenters. The summed E-state index contributed by atoms with van der Waals surface area (Å²) in [5.74, 6) is 0.262. The summed E-state index contributed by atoms with van der Waals surface area (Å²) in [5.41, 5.74) is -0.641. The van der Waals surface area contributed by atoms with Crippen molar-refractivity contribution in [1.29, 1.82) is 0 Å². The number of rotatable bonds is 6. The zero-order valence-electron chi connectivity index (χ0n) is 23.6. The molecular weight excluding hydrogens is 620 g/mol. The number of anilines is 1. The molecule has 2 atom stereocenters.